The Morgan fingerprint density at radius 3 is 2.18 bits per heavy atom. The van der Waals surface area contributed by atoms with Crippen molar-refractivity contribution >= 4 is 37.6 Å². The number of hydrogen-bond donors (Lipinski definition) is 1. The van der Waals surface area contributed by atoms with Gasteiger partial charge in [0.2, 0.25) is 10.0 Å². The minimum atomic E-state index is -3.30. The number of sulfonamides is 1. The SMILES string of the molecule is O=S(=O)(Cc1ccc(Br)cc1)NCCCc1ccc(Cl)cc1. The number of benzene rings is 2. The quantitative estimate of drug-likeness (QED) is 0.707. The van der Waals surface area contributed by atoms with Crippen molar-refractivity contribution in [3.8, 4) is 0 Å². The van der Waals surface area contributed by atoms with E-state index in [0.717, 1.165) is 28.4 Å². The van der Waals surface area contributed by atoms with Gasteiger partial charge in [-0.15, -0.1) is 0 Å². The van der Waals surface area contributed by atoms with Crippen molar-refractivity contribution in [3.05, 3.63) is 69.2 Å². The third-order valence-corrected chi connectivity index (χ3v) is 5.29. The Morgan fingerprint density at radius 1 is 0.955 bits per heavy atom. The fraction of sp³-hybridized carbons (Fsp3) is 0.250. The van der Waals surface area contributed by atoms with Gasteiger partial charge < -0.3 is 0 Å². The van der Waals surface area contributed by atoms with Gasteiger partial charge >= 0.3 is 0 Å². The van der Waals surface area contributed by atoms with Crippen molar-refractivity contribution in [3.63, 3.8) is 0 Å². The van der Waals surface area contributed by atoms with E-state index in [1.807, 2.05) is 36.4 Å². The van der Waals surface area contributed by atoms with Crippen LogP contribution in [0, 0.1) is 0 Å². The van der Waals surface area contributed by atoms with Crippen LogP contribution >= 0.6 is 27.5 Å². The fourth-order valence-electron chi connectivity index (χ4n) is 2.02. The molecule has 0 bridgehead atoms. The molecule has 0 atom stereocenters. The molecule has 0 fully saturated rings. The van der Waals surface area contributed by atoms with Gasteiger partial charge in [0.15, 0.2) is 0 Å². The van der Waals surface area contributed by atoms with Gasteiger partial charge in [0.1, 0.15) is 0 Å². The molecule has 0 unspecified atom stereocenters. The lowest BCUT2D eigenvalue weighted by Crippen LogP contribution is -2.26. The number of nitrogens with one attached hydrogen (secondary N) is 1. The Morgan fingerprint density at radius 2 is 1.55 bits per heavy atom. The van der Waals surface area contributed by atoms with E-state index in [2.05, 4.69) is 20.7 Å². The van der Waals surface area contributed by atoms with Gasteiger partial charge in [-0.1, -0.05) is 51.8 Å². The molecule has 22 heavy (non-hydrogen) atoms. The molecule has 0 aliphatic carbocycles. The van der Waals surface area contributed by atoms with Crippen LogP contribution < -0.4 is 4.72 Å². The zero-order chi connectivity index (χ0) is 16.0. The predicted octanol–water partition coefficient (Wildman–Crippen LogP) is 4.15. The van der Waals surface area contributed by atoms with E-state index in [-0.39, 0.29) is 5.75 Å². The standard InChI is InChI=1S/C16H17BrClNO2S/c17-15-7-3-14(4-8-15)12-22(20,21)19-11-1-2-13-5-9-16(18)10-6-13/h3-10,19H,1-2,11-12H2. The maximum Gasteiger partial charge on any atom is 0.215 e. The first-order valence-electron chi connectivity index (χ1n) is 6.91. The second-order valence-electron chi connectivity index (χ2n) is 5.01. The Labute approximate surface area is 144 Å². The van der Waals surface area contributed by atoms with Crippen LogP contribution in [0.3, 0.4) is 0 Å². The topological polar surface area (TPSA) is 46.2 Å². The molecule has 0 aromatic heterocycles. The average Bonchev–Trinajstić information content (AvgIpc) is 2.48. The van der Waals surface area contributed by atoms with Crippen LogP contribution in [-0.2, 0) is 22.2 Å². The summed E-state index contributed by atoms with van der Waals surface area (Å²) in [6, 6.07) is 14.9. The Kier molecular flexibility index (Phi) is 6.44. The van der Waals surface area contributed by atoms with Gasteiger partial charge in [0.05, 0.1) is 5.75 Å². The molecule has 0 aliphatic heterocycles. The molecule has 0 spiro atoms. The molecule has 2 aromatic rings. The molecule has 3 nitrogen and oxygen atoms in total. The molecule has 2 rings (SSSR count). The highest BCUT2D eigenvalue weighted by molar-refractivity contribution is 9.10. The van der Waals surface area contributed by atoms with Crippen molar-refractivity contribution in [2.24, 2.45) is 0 Å². The molecule has 118 valence electrons. The minimum Gasteiger partial charge on any atom is -0.215 e. The highest BCUT2D eigenvalue weighted by Crippen LogP contribution is 2.13. The molecule has 0 aliphatic rings. The highest BCUT2D eigenvalue weighted by Gasteiger charge is 2.10. The van der Waals surface area contributed by atoms with Gasteiger partial charge in [0.25, 0.3) is 0 Å². The lowest BCUT2D eigenvalue weighted by Gasteiger charge is -2.07. The number of rotatable bonds is 7. The smallest absolute Gasteiger partial charge is 0.215 e. The highest BCUT2D eigenvalue weighted by atomic mass is 79.9. The lowest BCUT2D eigenvalue weighted by molar-refractivity contribution is 0.578. The Bertz CT molecular complexity index is 700. The third kappa shape index (κ3) is 6.08. The largest absolute Gasteiger partial charge is 0.215 e. The maximum atomic E-state index is 12.0. The van der Waals surface area contributed by atoms with Crippen LogP contribution in [-0.4, -0.2) is 15.0 Å². The van der Waals surface area contributed by atoms with Gasteiger partial charge in [-0.2, -0.15) is 0 Å². The molecular weight excluding hydrogens is 386 g/mol. The number of hydrogen-bond acceptors (Lipinski definition) is 2. The summed E-state index contributed by atoms with van der Waals surface area (Å²) in [5, 5.41) is 0.707. The summed E-state index contributed by atoms with van der Waals surface area (Å²) in [7, 11) is -3.30. The van der Waals surface area contributed by atoms with Crippen LogP contribution in [0.4, 0.5) is 0 Å². The number of aryl methyl sites for hydroxylation is 1. The Hall–Kier alpha value is -0.880. The van der Waals surface area contributed by atoms with Gasteiger partial charge in [-0.05, 0) is 48.2 Å². The predicted molar refractivity (Wildman–Crippen MR) is 94.5 cm³/mol. The average molecular weight is 403 g/mol. The summed E-state index contributed by atoms with van der Waals surface area (Å²) in [5.74, 6) is 0.00122. The molecule has 1 N–H and O–H groups in total. The summed E-state index contributed by atoms with van der Waals surface area (Å²) in [6.45, 7) is 0.432. The molecule has 0 amide bonds. The maximum absolute atomic E-state index is 12.0. The van der Waals surface area contributed by atoms with E-state index >= 15 is 0 Å². The monoisotopic (exact) mass is 401 g/mol. The van der Waals surface area contributed by atoms with Gasteiger partial charge in [-0.3, -0.25) is 0 Å². The fourth-order valence-corrected chi connectivity index (χ4v) is 3.60. The molecular formula is C16H17BrClNO2S. The van der Waals surface area contributed by atoms with Crippen molar-refractivity contribution in [1.82, 2.24) is 4.72 Å². The van der Waals surface area contributed by atoms with Crippen LogP contribution in [0.5, 0.6) is 0 Å². The molecule has 0 heterocycles. The summed E-state index contributed by atoms with van der Waals surface area (Å²) >= 11 is 9.15. The van der Waals surface area contributed by atoms with Crippen LogP contribution in [0.25, 0.3) is 0 Å². The summed E-state index contributed by atoms with van der Waals surface area (Å²) in [4.78, 5) is 0. The van der Waals surface area contributed by atoms with Crippen molar-refractivity contribution in [2.45, 2.75) is 18.6 Å². The summed E-state index contributed by atoms with van der Waals surface area (Å²) in [5.41, 5.74) is 1.92. The zero-order valence-electron chi connectivity index (χ0n) is 11.9. The minimum absolute atomic E-state index is 0.00122. The second-order valence-corrected chi connectivity index (χ2v) is 8.17. The van der Waals surface area contributed by atoms with E-state index < -0.39 is 10.0 Å². The van der Waals surface area contributed by atoms with Crippen molar-refractivity contribution in [1.29, 1.82) is 0 Å². The lowest BCUT2D eigenvalue weighted by atomic mass is 10.1. The first kappa shape index (κ1) is 17.5. The van der Waals surface area contributed by atoms with Gasteiger partial charge in [0, 0.05) is 16.0 Å². The van der Waals surface area contributed by atoms with Crippen LogP contribution in [0.15, 0.2) is 53.0 Å². The van der Waals surface area contributed by atoms with Crippen molar-refractivity contribution in [2.75, 3.05) is 6.54 Å². The van der Waals surface area contributed by atoms with E-state index in [0.29, 0.717) is 11.6 Å². The molecule has 0 saturated carbocycles. The van der Waals surface area contributed by atoms with Crippen LogP contribution in [0.2, 0.25) is 5.02 Å². The normalized spacial score (nSPS) is 11.5. The number of halogens is 2. The van der Waals surface area contributed by atoms with Gasteiger partial charge in [-0.25, -0.2) is 13.1 Å². The van der Waals surface area contributed by atoms with Crippen LogP contribution in [0.1, 0.15) is 17.5 Å². The second kappa shape index (κ2) is 8.11. The van der Waals surface area contributed by atoms with E-state index in [9.17, 15) is 8.42 Å². The third-order valence-electron chi connectivity index (χ3n) is 3.15. The first-order valence-corrected chi connectivity index (χ1v) is 9.73. The summed E-state index contributed by atoms with van der Waals surface area (Å²) < 4.78 is 27.6. The molecule has 0 radical (unpaired) electrons. The summed E-state index contributed by atoms with van der Waals surface area (Å²) in [6.07, 6.45) is 1.57. The zero-order valence-corrected chi connectivity index (χ0v) is 15.1. The van der Waals surface area contributed by atoms with Crippen molar-refractivity contribution < 1.29 is 8.42 Å². The van der Waals surface area contributed by atoms with E-state index in [1.165, 1.54) is 0 Å². The van der Waals surface area contributed by atoms with E-state index in [4.69, 9.17) is 11.6 Å². The first-order chi connectivity index (χ1) is 10.4. The molecule has 0 saturated heterocycles. The molecule has 6 heteroatoms. The Balaban J connectivity index is 1.77. The molecule has 2 aromatic carbocycles. The van der Waals surface area contributed by atoms with E-state index in [1.54, 1.807) is 12.1 Å².